The quantitative estimate of drug-likeness (QED) is 0.837. The van der Waals surface area contributed by atoms with Crippen LogP contribution in [-0.4, -0.2) is 7.11 Å². The molecule has 1 unspecified atom stereocenters. The van der Waals surface area contributed by atoms with Crippen LogP contribution < -0.4 is 10.1 Å². The molecule has 2 aromatic carbocycles. The van der Waals surface area contributed by atoms with E-state index >= 15 is 0 Å². The van der Waals surface area contributed by atoms with Crippen LogP contribution in [0.2, 0.25) is 5.02 Å². The van der Waals surface area contributed by atoms with Gasteiger partial charge in [-0.2, -0.15) is 0 Å². The summed E-state index contributed by atoms with van der Waals surface area (Å²) in [6.07, 6.45) is 1.01. The van der Waals surface area contributed by atoms with Gasteiger partial charge in [0.1, 0.15) is 5.75 Å². The fourth-order valence-corrected chi connectivity index (χ4v) is 2.13. The highest BCUT2D eigenvalue weighted by Gasteiger charge is 2.08. The van der Waals surface area contributed by atoms with Crippen molar-refractivity contribution >= 4 is 17.3 Å². The minimum atomic E-state index is 0.283. The molecule has 0 heterocycles. The van der Waals surface area contributed by atoms with E-state index in [1.54, 1.807) is 7.11 Å². The zero-order valence-corrected chi connectivity index (χ0v) is 11.9. The molecule has 0 radical (unpaired) electrons. The van der Waals surface area contributed by atoms with Crippen molar-refractivity contribution in [2.75, 3.05) is 12.4 Å². The van der Waals surface area contributed by atoms with Crippen LogP contribution >= 0.6 is 11.6 Å². The third-order valence-electron chi connectivity index (χ3n) is 3.11. The molecule has 2 nitrogen and oxygen atoms in total. The summed E-state index contributed by atoms with van der Waals surface area (Å²) in [5.74, 6) is 0.866. The van der Waals surface area contributed by atoms with E-state index < -0.39 is 0 Å². The van der Waals surface area contributed by atoms with Gasteiger partial charge in [0.2, 0.25) is 0 Å². The summed E-state index contributed by atoms with van der Waals surface area (Å²) in [6, 6.07) is 16.2. The van der Waals surface area contributed by atoms with Crippen molar-refractivity contribution in [2.45, 2.75) is 19.4 Å². The van der Waals surface area contributed by atoms with Crippen LogP contribution in [0.25, 0.3) is 0 Å². The van der Waals surface area contributed by atoms with Crippen molar-refractivity contribution in [1.82, 2.24) is 0 Å². The molecule has 2 rings (SSSR count). The van der Waals surface area contributed by atoms with Gasteiger partial charge < -0.3 is 10.1 Å². The highest BCUT2D eigenvalue weighted by Crippen LogP contribution is 2.25. The van der Waals surface area contributed by atoms with Crippen molar-refractivity contribution in [1.29, 1.82) is 0 Å². The molecule has 0 bridgehead atoms. The molecule has 0 amide bonds. The first kappa shape index (κ1) is 13.8. The van der Waals surface area contributed by atoms with E-state index in [0.717, 1.165) is 22.9 Å². The lowest BCUT2D eigenvalue weighted by atomic mass is 10.0. The number of methoxy groups -OCH3 is 1. The third kappa shape index (κ3) is 3.65. The van der Waals surface area contributed by atoms with Gasteiger partial charge in [-0.25, -0.2) is 0 Å². The summed E-state index contributed by atoms with van der Waals surface area (Å²) < 4.78 is 5.16. The minimum absolute atomic E-state index is 0.283. The second-order valence-corrected chi connectivity index (χ2v) is 4.82. The normalized spacial score (nSPS) is 11.9. The Bertz CT molecular complexity index is 507. The maximum atomic E-state index is 5.92. The van der Waals surface area contributed by atoms with Gasteiger partial charge in [0.15, 0.2) is 0 Å². The Morgan fingerprint density at radius 2 is 1.68 bits per heavy atom. The summed E-state index contributed by atoms with van der Waals surface area (Å²) in [6.45, 7) is 2.16. The monoisotopic (exact) mass is 275 g/mol. The maximum absolute atomic E-state index is 5.92. The van der Waals surface area contributed by atoms with E-state index in [0.29, 0.717) is 0 Å². The third-order valence-corrected chi connectivity index (χ3v) is 3.36. The number of anilines is 1. The molecule has 0 aliphatic heterocycles. The highest BCUT2D eigenvalue weighted by atomic mass is 35.5. The first-order chi connectivity index (χ1) is 9.22. The molecule has 19 heavy (non-hydrogen) atoms. The molecule has 0 aliphatic carbocycles. The molecule has 2 aromatic rings. The Balaban J connectivity index is 2.11. The molecule has 0 saturated heterocycles. The van der Waals surface area contributed by atoms with Gasteiger partial charge in [0, 0.05) is 10.7 Å². The lowest BCUT2D eigenvalue weighted by molar-refractivity contribution is 0.415. The predicted octanol–water partition coefficient (Wildman–Crippen LogP) is 4.91. The number of benzene rings is 2. The van der Waals surface area contributed by atoms with Crippen molar-refractivity contribution < 1.29 is 4.74 Å². The number of hydrogen-bond donors (Lipinski definition) is 1. The predicted molar refractivity (Wildman–Crippen MR) is 81.1 cm³/mol. The second kappa shape index (κ2) is 6.48. The first-order valence-electron chi connectivity index (χ1n) is 6.39. The Morgan fingerprint density at radius 3 is 2.21 bits per heavy atom. The molecule has 1 N–H and O–H groups in total. The van der Waals surface area contributed by atoms with Gasteiger partial charge >= 0.3 is 0 Å². The van der Waals surface area contributed by atoms with Gasteiger partial charge in [-0.1, -0.05) is 30.7 Å². The molecule has 1 atom stereocenters. The van der Waals surface area contributed by atoms with Crippen LogP contribution in [0.1, 0.15) is 24.9 Å². The van der Waals surface area contributed by atoms with Crippen LogP contribution in [0.4, 0.5) is 5.69 Å². The molecule has 0 spiro atoms. The number of hydrogen-bond acceptors (Lipinski definition) is 2. The molecular weight excluding hydrogens is 258 g/mol. The first-order valence-corrected chi connectivity index (χ1v) is 6.76. The molecule has 0 fully saturated rings. The maximum Gasteiger partial charge on any atom is 0.119 e. The largest absolute Gasteiger partial charge is 0.497 e. The van der Waals surface area contributed by atoms with Gasteiger partial charge in [-0.3, -0.25) is 0 Å². The fourth-order valence-electron chi connectivity index (χ4n) is 2.00. The summed E-state index contributed by atoms with van der Waals surface area (Å²) in [5.41, 5.74) is 2.32. The molecular formula is C16H18ClNO. The molecule has 0 saturated carbocycles. The van der Waals surface area contributed by atoms with E-state index in [1.165, 1.54) is 5.56 Å². The Labute approximate surface area is 119 Å². The minimum Gasteiger partial charge on any atom is -0.497 e. The smallest absolute Gasteiger partial charge is 0.119 e. The van der Waals surface area contributed by atoms with E-state index in [2.05, 4.69) is 24.4 Å². The number of nitrogens with one attached hydrogen (secondary N) is 1. The van der Waals surface area contributed by atoms with Crippen LogP contribution in [-0.2, 0) is 0 Å². The molecule has 3 heteroatoms. The van der Waals surface area contributed by atoms with Crippen LogP contribution in [0.5, 0.6) is 5.75 Å². The number of halogens is 1. The second-order valence-electron chi connectivity index (χ2n) is 4.39. The molecule has 0 aromatic heterocycles. The van der Waals surface area contributed by atoms with Crippen molar-refractivity contribution in [2.24, 2.45) is 0 Å². The number of rotatable bonds is 5. The standard InChI is InChI=1S/C16H18ClNO/c1-3-16(12-4-6-13(17)7-5-12)18-14-8-10-15(19-2)11-9-14/h4-11,16,18H,3H2,1-2H3. The topological polar surface area (TPSA) is 21.3 Å². The fraction of sp³-hybridized carbons (Fsp3) is 0.250. The average molecular weight is 276 g/mol. The molecule has 0 aliphatic rings. The van der Waals surface area contributed by atoms with Crippen LogP contribution in [0.3, 0.4) is 0 Å². The van der Waals surface area contributed by atoms with Crippen molar-refractivity contribution in [3.63, 3.8) is 0 Å². The summed E-state index contributed by atoms with van der Waals surface area (Å²) in [7, 11) is 1.67. The van der Waals surface area contributed by atoms with Gasteiger partial charge in [-0.05, 0) is 48.4 Å². The summed E-state index contributed by atoms with van der Waals surface area (Å²) in [5, 5.41) is 4.28. The Morgan fingerprint density at radius 1 is 1.05 bits per heavy atom. The highest BCUT2D eigenvalue weighted by molar-refractivity contribution is 6.30. The summed E-state index contributed by atoms with van der Waals surface area (Å²) in [4.78, 5) is 0. The van der Waals surface area contributed by atoms with E-state index in [-0.39, 0.29) is 6.04 Å². The van der Waals surface area contributed by atoms with Crippen LogP contribution in [0.15, 0.2) is 48.5 Å². The van der Waals surface area contributed by atoms with Crippen molar-refractivity contribution in [3.05, 3.63) is 59.1 Å². The van der Waals surface area contributed by atoms with E-state index in [1.807, 2.05) is 36.4 Å². The molecule has 100 valence electrons. The van der Waals surface area contributed by atoms with E-state index in [4.69, 9.17) is 16.3 Å². The SMILES string of the molecule is CCC(Nc1ccc(OC)cc1)c1ccc(Cl)cc1. The van der Waals surface area contributed by atoms with Gasteiger partial charge in [-0.15, -0.1) is 0 Å². The Kier molecular flexibility index (Phi) is 4.69. The summed E-state index contributed by atoms with van der Waals surface area (Å²) >= 11 is 5.92. The zero-order chi connectivity index (χ0) is 13.7. The Hall–Kier alpha value is -1.67. The van der Waals surface area contributed by atoms with E-state index in [9.17, 15) is 0 Å². The lowest BCUT2D eigenvalue weighted by Crippen LogP contribution is -2.09. The van der Waals surface area contributed by atoms with Gasteiger partial charge in [0.05, 0.1) is 13.2 Å². The number of ether oxygens (including phenoxy) is 1. The van der Waals surface area contributed by atoms with Crippen LogP contribution in [0, 0.1) is 0 Å². The zero-order valence-electron chi connectivity index (χ0n) is 11.2. The van der Waals surface area contributed by atoms with Crippen molar-refractivity contribution in [3.8, 4) is 5.75 Å². The average Bonchev–Trinajstić information content (AvgIpc) is 2.46. The van der Waals surface area contributed by atoms with Gasteiger partial charge in [0.25, 0.3) is 0 Å². The lowest BCUT2D eigenvalue weighted by Gasteiger charge is -2.19.